The van der Waals surface area contributed by atoms with Gasteiger partial charge in [0, 0.05) is 6.61 Å². The van der Waals surface area contributed by atoms with Gasteiger partial charge in [-0.2, -0.15) is 0 Å². The molecular formula is C8H16O. The molecule has 0 aliphatic carbocycles. The smallest absolute Gasteiger partial charge is 0.0465 e. The summed E-state index contributed by atoms with van der Waals surface area (Å²) < 4.78 is 0. The van der Waals surface area contributed by atoms with E-state index in [1.54, 1.807) is 0 Å². The molecule has 54 valence electrons. The Morgan fingerprint density at radius 2 is 2.22 bits per heavy atom. The molecule has 1 heteroatoms. The lowest BCUT2D eigenvalue weighted by molar-refractivity contribution is 0.302. The standard InChI is InChI=1S/C8H16O/c1-3-5-8(2)6-4-7-9/h6,9H,3-5,7H2,1-2H3. The Hall–Kier alpha value is -0.300. The maximum atomic E-state index is 8.44. The number of aliphatic hydroxyl groups excluding tert-OH is 1. The highest BCUT2D eigenvalue weighted by atomic mass is 16.2. The molecule has 0 amide bonds. The minimum Gasteiger partial charge on any atom is -0.396 e. The van der Waals surface area contributed by atoms with E-state index in [1.165, 1.54) is 18.4 Å². The first-order chi connectivity index (χ1) is 4.31. The van der Waals surface area contributed by atoms with Crippen molar-refractivity contribution in [1.82, 2.24) is 0 Å². The fraction of sp³-hybridized carbons (Fsp3) is 0.750. The van der Waals surface area contributed by atoms with Gasteiger partial charge in [0.25, 0.3) is 0 Å². The van der Waals surface area contributed by atoms with Crippen LogP contribution in [-0.4, -0.2) is 11.7 Å². The Balaban J connectivity index is 3.30. The van der Waals surface area contributed by atoms with Crippen LogP contribution in [-0.2, 0) is 0 Å². The molecular weight excluding hydrogens is 112 g/mol. The number of aliphatic hydroxyl groups is 1. The Morgan fingerprint density at radius 1 is 1.56 bits per heavy atom. The van der Waals surface area contributed by atoms with Gasteiger partial charge in [0.2, 0.25) is 0 Å². The minimum atomic E-state index is 0.279. The van der Waals surface area contributed by atoms with Crippen molar-refractivity contribution in [3.8, 4) is 0 Å². The molecule has 0 aromatic rings. The molecule has 0 heterocycles. The van der Waals surface area contributed by atoms with Crippen LogP contribution in [0.15, 0.2) is 11.6 Å². The second-order valence-corrected chi connectivity index (χ2v) is 2.31. The average molecular weight is 128 g/mol. The van der Waals surface area contributed by atoms with Crippen LogP contribution in [0.25, 0.3) is 0 Å². The maximum absolute atomic E-state index is 8.44. The summed E-state index contributed by atoms with van der Waals surface area (Å²) in [5.41, 5.74) is 1.39. The lowest BCUT2D eigenvalue weighted by atomic mass is 10.1. The highest BCUT2D eigenvalue weighted by molar-refractivity contribution is 4.96. The largest absolute Gasteiger partial charge is 0.396 e. The van der Waals surface area contributed by atoms with Crippen molar-refractivity contribution in [2.24, 2.45) is 0 Å². The molecule has 0 aromatic heterocycles. The first-order valence-electron chi connectivity index (χ1n) is 3.57. The van der Waals surface area contributed by atoms with Gasteiger partial charge in [-0.3, -0.25) is 0 Å². The van der Waals surface area contributed by atoms with Crippen molar-refractivity contribution in [2.75, 3.05) is 6.61 Å². The fourth-order valence-electron chi connectivity index (χ4n) is 0.807. The molecule has 0 bridgehead atoms. The molecule has 0 aliphatic heterocycles. The van der Waals surface area contributed by atoms with Crippen molar-refractivity contribution in [3.63, 3.8) is 0 Å². The fourth-order valence-corrected chi connectivity index (χ4v) is 0.807. The number of rotatable bonds is 4. The van der Waals surface area contributed by atoms with Crippen LogP contribution in [0.5, 0.6) is 0 Å². The van der Waals surface area contributed by atoms with Crippen LogP contribution >= 0.6 is 0 Å². The predicted octanol–water partition coefficient (Wildman–Crippen LogP) is 2.12. The second kappa shape index (κ2) is 5.83. The molecule has 9 heavy (non-hydrogen) atoms. The zero-order valence-corrected chi connectivity index (χ0v) is 6.35. The Bertz CT molecular complexity index is 84.6. The Morgan fingerprint density at radius 3 is 2.67 bits per heavy atom. The topological polar surface area (TPSA) is 20.2 Å². The molecule has 1 N–H and O–H groups in total. The summed E-state index contributed by atoms with van der Waals surface area (Å²) in [7, 11) is 0. The molecule has 0 aliphatic rings. The van der Waals surface area contributed by atoms with Crippen LogP contribution in [0.2, 0.25) is 0 Å². The Labute approximate surface area is 57.4 Å². The van der Waals surface area contributed by atoms with Crippen molar-refractivity contribution < 1.29 is 5.11 Å². The molecule has 1 nitrogen and oxygen atoms in total. The summed E-state index contributed by atoms with van der Waals surface area (Å²) in [6.45, 7) is 4.55. The molecule has 0 saturated heterocycles. The lowest BCUT2D eigenvalue weighted by Crippen LogP contribution is -1.80. The predicted molar refractivity (Wildman–Crippen MR) is 40.4 cm³/mol. The van der Waals surface area contributed by atoms with Gasteiger partial charge in [0.1, 0.15) is 0 Å². The lowest BCUT2D eigenvalue weighted by Gasteiger charge is -1.94. The number of hydrogen-bond donors (Lipinski definition) is 1. The SMILES string of the molecule is CCCC(C)=CCCO. The van der Waals surface area contributed by atoms with Gasteiger partial charge >= 0.3 is 0 Å². The third-order valence-electron chi connectivity index (χ3n) is 1.27. The van der Waals surface area contributed by atoms with Crippen molar-refractivity contribution in [3.05, 3.63) is 11.6 Å². The van der Waals surface area contributed by atoms with Crippen molar-refractivity contribution in [1.29, 1.82) is 0 Å². The molecule has 0 aromatic carbocycles. The van der Waals surface area contributed by atoms with E-state index in [0.29, 0.717) is 0 Å². The summed E-state index contributed by atoms with van der Waals surface area (Å²) in [6, 6.07) is 0. The highest BCUT2D eigenvalue weighted by Gasteiger charge is 1.84. The molecule has 0 spiro atoms. The van der Waals surface area contributed by atoms with E-state index < -0.39 is 0 Å². The van der Waals surface area contributed by atoms with Crippen LogP contribution in [0, 0.1) is 0 Å². The van der Waals surface area contributed by atoms with Crippen LogP contribution < -0.4 is 0 Å². The molecule has 0 atom stereocenters. The number of allylic oxidation sites excluding steroid dienone is 1. The normalized spacial score (nSPS) is 12.1. The minimum absolute atomic E-state index is 0.279. The van der Waals surface area contributed by atoms with Gasteiger partial charge in [-0.25, -0.2) is 0 Å². The van der Waals surface area contributed by atoms with Gasteiger partial charge in [-0.15, -0.1) is 0 Å². The first kappa shape index (κ1) is 8.70. The zero-order valence-electron chi connectivity index (χ0n) is 6.35. The third kappa shape index (κ3) is 5.57. The van der Waals surface area contributed by atoms with Gasteiger partial charge in [0.15, 0.2) is 0 Å². The van der Waals surface area contributed by atoms with E-state index in [-0.39, 0.29) is 6.61 Å². The van der Waals surface area contributed by atoms with Gasteiger partial charge in [0.05, 0.1) is 0 Å². The first-order valence-corrected chi connectivity index (χ1v) is 3.57. The van der Waals surface area contributed by atoms with Crippen molar-refractivity contribution in [2.45, 2.75) is 33.1 Å². The van der Waals surface area contributed by atoms with E-state index in [2.05, 4.69) is 19.9 Å². The van der Waals surface area contributed by atoms with E-state index >= 15 is 0 Å². The van der Waals surface area contributed by atoms with E-state index in [0.717, 1.165) is 6.42 Å². The zero-order chi connectivity index (χ0) is 7.11. The van der Waals surface area contributed by atoms with Gasteiger partial charge < -0.3 is 5.11 Å². The maximum Gasteiger partial charge on any atom is 0.0465 e. The van der Waals surface area contributed by atoms with Crippen molar-refractivity contribution >= 4 is 0 Å². The van der Waals surface area contributed by atoms with E-state index in [9.17, 15) is 0 Å². The summed E-state index contributed by atoms with van der Waals surface area (Å²) in [6.07, 6.45) is 5.28. The molecule has 0 radical (unpaired) electrons. The van der Waals surface area contributed by atoms with Crippen LogP contribution in [0.3, 0.4) is 0 Å². The summed E-state index contributed by atoms with van der Waals surface area (Å²) in [5.74, 6) is 0. The van der Waals surface area contributed by atoms with Gasteiger partial charge in [-0.05, 0) is 19.8 Å². The van der Waals surface area contributed by atoms with Gasteiger partial charge in [-0.1, -0.05) is 25.0 Å². The molecule has 0 fully saturated rings. The average Bonchev–Trinajstić information content (AvgIpc) is 1.85. The summed E-state index contributed by atoms with van der Waals surface area (Å²) in [4.78, 5) is 0. The molecule has 0 unspecified atom stereocenters. The summed E-state index contributed by atoms with van der Waals surface area (Å²) in [5, 5.41) is 8.44. The van der Waals surface area contributed by atoms with E-state index in [1.807, 2.05) is 0 Å². The molecule has 0 saturated carbocycles. The second-order valence-electron chi connectivity index (χ2n) is 2.31. The van der Waals surface area contributed by atoms with Crippen LogP contribution in [0.4, 0.5) is 0 Å². The number of hydrogen-bond acceptors (Lipinski definition) is 1. The summed E-state index contributed by atoms with van der Waals surface area (Å²) >= 11 is 0. The quantitative estimate of drug-likeness (QED) is 0.575. The highest BCUT2D eigenvalue weighted by Crippen LogP contribution is 2.03. The monoisotopic (exact) mass is 128 g/mol. The van der Waals surface area contributed by atoms with E-state index in [4.69, 9.17) is 5.11 Å². The van der Waals surface area contributed by atoms with Crippen LogP contribution in [0.1, 0.15) is 33.1 Å². The molecule has 0 rings (SSSR count). The Kier molecular flexibility index (Phi) is 5.64. The third-order valence-corrected chi connectivity index (χ3v) is 1.27.